The highest BCUT2D eigenvalue weighted by Gasteiger charge is 2.09. The molecule has 2 aromatic carbocycles. The van der Waals surface area contributed by atoms with Gasteiger partial charge in [-0.05, 0) is 48.5 Å². The molecular formula is C19H16ClN3O. The Bertz CT molecular complexity index is 817. The van der Waals surface area contributed by atoms with E-state index in [4.69, 9.17) is 11.6 Å². The highest BCUT2D eigenvalue weighted by Crippen LogP contribution is 2.22. The Morgan fingerprint density at radius 1 is 0.958 bits per heavy atom. The van der Waals surface area contributed by atoms with Crippen LogP contribution < -0.4 is 10.2 Å². The molecule has 0 atom stereocenters. The maximum absolute atomic E-state index is 12.2. The van der Waals surface area contributed by atoms with Crippen molar-refractivity contribution in [2.24, 2.45) is 0 Å². The van der Waals surface area contributed by atoms with Gasteiger partial charge in [0.15, 0.2) is 0 Å². The van der Waals surface area contributed by atoms with Crippen LogP contribution in [0.3, 0.4) is 0 Å². The van der Waals surface area contributed by atoms with Crippen molar-refractivity contribution in [1.82, 2.24) is 4.98 Å². The number of pyridine rings is 1. The van der Waals surface area contributed by atoms with Crippen LogP contribution in [-0.2, 0) is 0 Å². The van der Waals surface area contributed by atoms with E-state index >= 15 is 0 Å². The molecule has 120 valence electrons. The summed E-state index contributed by atoms with van der Waals surface area (Å²) in [6.07, 6.45) is 1.68. The topological polar surface area (TPSA) is 45.2 Å². The van der Waals surface area contributed by atoms with Gasteiger partial charge < -0.3 is 10.2 Å². The Morgan fingerprint density at radius 2 is 1.67 bits per heavy atom. The highest BCUT2D eigenvalue weighted by molar-refractivity contribution is 6.30. The molecule has 5 heteroatoms. The first-order valence-electron chi connectivity index (χ1n) is 7.45. The average Bonchev–Trinajstić information content (AvgIpc) is 2.64. The molecule has 0 aliphatic heterocycles. The molecule has 0 bridgehead atoms. The van der Waals surface area contributed by atoms with Gasteiger partial charge in [0.25, 0.3) is 5.91 Å². The van der Waals surface area contributed by atoms with Crippen molar-refractivity contribution in [2.75, 3.05) is 17.3 Å². The van der Waals surface area contributed by atoms with Gasteiger partial charge in [0, 0.05) is 23.4 Å². The lowest BCUT2D eigenvalue weighted by Crippen LogP contribution is -2.15. The number of carbonyl (C=O) groups is 1. The number of hydrogen-bond acceptors (Lipinski definition) is 3. The molecule has 4 nitrogen and oxygen atoms in total. The van der Waals surface area contributed by atoms with E-state index in [0.29, 0.717) is 16.4 Å². The maximum Gasteiger partial charge on any atom is 0.274 e. The Balaban J connectivity index is 1.72. The molecule has 0 aliphatic carbocycles. The van der Waals surface area contributed by atoms with Crippen molar-refractivity contribution in [3.05, 3.63) is 83.6 Å². The number of aromatic nitrogens is 1. The molecule has 3 aromatic rings. The molecule has 0 saturated carbocycles. The fourth-order valence-electron chi connectivity index (χ4n) is 2.25. The van der Waals surface area contributed by atoms with Crippen LogP contribution in [0.1, 0.15) is 10.5 Å². The fraction of sp³-hybridized carbons (Fsp3) is 0.0526. The molecule has 3 rings (SSSR count). The van der Waals surface area contributed by atoms with Crippen LogP contribution in [0.25, 0.3) is 0 Å². The summed E-state index contributed by atoms with van der Waals surface area (Å²) in [5.74, 6) is -0.258. The first-order valence-corrected chi connectivity index (χ1v) is 7.83. The molecule has 0 radical (unpaired) electrons. The minimum absolute atomic E-state index is 0.258. The molecular weight excluding hydrogens is 322 g/mol. The summed E-state index contributed by atoms with van der Waals surface area (Å²) in [5, 5.41) is 3.42. The third-order valence-electron chi connectivity index (χ3n) is 3.61. The highest BCUT2D eigenvalue weighted by atomic mass is 35.5. The van der Waals surface area contributed by atoms with E-state index in [1.807, 2.05) is 48.3 Å². The number of halogens is 1. The summed E-state index contributed by atoms with van der Waals surface area (Å²) in [6, 6.07) is 20.5. The van der Waals surface area contributed by atoms with Crippen LogP contribution in [0.2, 0.25) is 5.02 Å². The van der Waals surface area contributed by atoms with Gasteiger partial charge in [0.2, 0.25) is 0 Å². The Hall–Kier alpha value is -2.85. The predicted molar refractivity (Wildman–Crippen MR) is 98.1 cm³/mol. The van der Waals surface area contributed by atoms with Gasteiger partial charge in [0.05, 0.1) is 11.9 Å². The number of nitrogens with zero attached hydrogens (tertiary/aromatic N) is 2. The Labute approximate surface area is 145 Å². The monoisotopic (exact) mass is 337 g/mol. The fourth-order valence-corrected chi connectivity index (χ4v) is 2.37. The summed E-state index contributed by atoms with van der Waals surface area (Å²) in [5.41, 5.74) is 2.99. The second kappa shape index (κ2) is 7.15. The molecule has 24 heavy (non-hydrogen) atoms. The second-order valence-corrected chi connectivity index (χ2v) is 5.69. The minimum Gasteiger partial charge on any atom is -0.343 e. The van der Waals surface area contributed by atoms with Gasteiger partial charge in [-0.25, -0.2) is 4.98 Å². The molecule has 1 heterocycles. The number of amides is 1. The zero-order valence-electron chi connectivity index (χ0n) is 13.1. The summed E-state index contributed by atoms with van der Waals surface area (Å²) in [6.45, 7) is 0. The molecule has 0 aliphatic rings. The van der Waals surface area contributed by atoms with Crippen LogP contribution in [0.5, 0.6) is 0 Å². The van der Waals surface area contributed by atoms with Gasteiger partial charge >= 0.3 is 0 Å². The Morgan fingerprint density at radius 3 is 2.29 bits per heavy atom. The summed E-state index contributed by atoms with van der Waals surface area (Å²) in [7, 11) is 1.96. The van der Waals surface area contributed by atoms with Crippen molar-refractivity contribution in [1.29, 1.82) is 0 Å². The third-order valence-corrected chi connectivity index (χ3v) is 3.87. The molecule has 0 saturated heterocycles. The number of para-hydroxylation sites is 1. The van der Waals surface area contributed by atoms with Gasteiger partial charge in [-0.15, -0.1) is 0 Å². The molecule has 1 aromatic heterocycles. The number of benzene rings is 2. The zero-order valence-corrected chi connectivity index (χ0v) is 13.9. The van der Waals surface area contributed by atoms with Gasteiger partial charge in [-0.1, -0.05) is 29.8 Å². The number of anilines is 3. The minimum atomic E-state index is -0.258. The lowest BCUT2D eigenvalue weighted by Gasteiger charge is -2.19. The van der Waals surface area contributed by atoms with E-state index in [1.165, 1.54) is 0 Å². The third kappa shape index (κ3) is 3.73. The van der Waals surface area contributed by atoms with Crippen LogP contribution in [0.15, 0.2) is 72.9 Å². The number of rotatable bonds is 4. The number of nitrogens with one attached hydrogen (secondary N) is 1. The van der Waals surface area contributed by atoms with E-state index in [9.17, 15) is 4.79 Å². The standard InChI is InChI=1S/C19H16ClN3O/c1-23(16-5-3-2-4-6-16)17-11-12-18(21-13-17)19(24)22-15-9-7-14(20)8-10-15/h2-13H,1H3,(H,22,24). The first kappa shape index (κ1) is 16.0. The first-order chi connectivity index (χ1) is 11.6. The van der Waals surface area contributed by atoms with Gasteiger partial charge in [0.1, 0.15) is 5.69 Å². The Kier molecular flexibility index (Phi) is 4.77. The van der Waals surface area contributed by atoms with Crippen LogP contribution in [-0.4, -0.2) is 17.9 Å². The van der Waals surface area contributed by atoms with Crippen molar-refractivity contribution in [3.8, 4) is 0 Å². The summed E-state index contributed by atoms with van der Waals surface area (Å²) < 4.78 is 0. The molecule has 0 spiro atoms. The lowest BCUT2D eigenvalue weighted by atomic mass is 10.2. The van der Waals surface area contributed by atoms with Crippen LogP contribution in [0, 0.1) is 0 Å². The van der Waals surface area contributed by atoms with E-state index in [-0.39, 0.29) is 5.91 Å². The SMILES string of the molecule is CN(c1ccccc1)c1ccc(C(=O)Nc2ccc(Cl)cc2)nc1. The van der Waals surface area contributed by atoms with Crippen molar-refractivity contribution < 1.29 is 4.79 Å². The van der Waals surface area contributed by atoms with E-state index in [2.05, 4.69) is 10.3 Å². The molecule has 0 fully saturated rings. The number of hydrogen-bond donors (Lipinski definition) is 1. The second-order valence-electron chi connectivity index (χ2n) is 5.26. The van der Waals surface area contributed by atoms with E-state index in [0.717, 1.165) is 11.4 Å². The normalized spacial score (nSPS) is 10.2. The van der Waals surface area contributed by atoms with Gasteiger partial charge in [-0.2, -0.15) is 0 Å². The van der Waals surface area contributed by atoms with Crippen LogP contribution in [0.4, 0.5) is 17.1 Å². The number of carbonyl (C=O) groups excluding carboxylic acids is 1. The van der Waals surface area contributed by atoms with E-state index in [1.54, 1.807) is 36.5 Å². The van der Waals surface area contributed by atoms with Crippen molar-refractivity contribution >= 4 is 34.6 Å². The predicted octanol–water partition coefficient (Wildman–Crippen LogP) is 4.76. The maximum atomic E-state index is 12.2. The van der Waals surface area contributed by atoms with Gasteiger partial charge in [-0.3, -0.25) is 4.79 Å². The molecule has 1 amide bonds. The lowest BCUT2D eigenvalue weighted by molar-refractivity contribution is 0.102. The van der Waals surface area contributed by atoms with Crippen molar-refractivity contribution in [2.45, 2.75) is 0 Å². The largest absolute Gasteiger partial charge is 0.343 e. The quantitative estimate of drug-likeness (QED) is 0.746. The average molecular weight is 338 g/mol. The summed E-state index contributed by atoms with van der Waals surface area (Å²) >= 11 is 5.83. The molecule has 0 unspecified atom stereocenters. The summed E-state index contributed by atoms with van der Waals surface area (Å²) in [4.78, 5) is 18.5. The van der Waals surface area contributed by atoms with Crippen LogP contribution >= 0.6 is 11.6 Å². The molecule has 1 N–H and O–H groups in total. The van der Waals surface area contributed by atoms with E-state index < -0.39 is 0 Å². The smallest absolute Gasteiger partial charge is 0.274 e. The zero-order chi connectivity index (χ0) is 16.9. The van der Waals surface area contributed by atoms with Crippen molar-refractivity contribution in [3.63, 3.8) is 0 Å².